The molecule has 6 heteroatoms. The molecule has 1 atom stereocenters. The number of aromatic nitrogens is 2. The summed E-state index contributed by atoms with van der Waals surface area (Å²) in [5.74, 6) is -0.617. The molecule has 1 aromatic carbocycles. The smallest absolute Gasteiger partial charge is 0.355 e. The number of benzene rings is 1. The molecule has 1 unspecified atom stereocenters. The minimum atomic E-state index is -0.562. The summed E-state index contributed by atoms with van der Waals surface area (Å²) in [5, 5.41) is 0. The van der Waals surface area contributed by atoms with Gasteiger partial charge in [0.2, 0.25) is 0 Å². The second kappa shape index (κ2) is 9.16. The highest BCUT2D eigenvalue weighted by Gasteiger charge is 2.35. The van der Waals surface area contributed by atoms with Crippen LogP contribution >= 0.6 is 0 Å². The predicted octanol–water partition coefficient (Wildman–Crippen LogP) is 5.91. The van der Waals surface area contributed by atoms with Crippen molar-refractivity contribution in [2.24, 2.45) is 0 Å². The first-order chi connectivity index (χ1) is 16.1. The fourth-order valence-electron chi connectivity index (χ4n) is 4.94. The minimum Gasteiger partial charge on any atom is -0.456 e. The largest absolute Gasteiger partial charge is 0.456 e. The monoisotopic (exact) mass is 462 g/mol. The van der Waals surface area contributed by atoms with Crippen LogP contribution in [-0.2, 0) is 28.9 Å². The van der Waals surface area contributed by atoms with Gasteiger partial charge in [0, 0.05) is 17.3 Å². The summed E-state index contributed by atoms with van der Waals surface area (Å²) in [7, 11) is 0. The molecule has 1 aliphatic carbocycles. The first-order valence-electron chi connectivity index (χ1n) is 12.0. The van der Waals surface area contributed by atoms with Gasteiger partial charge in [0.15, 0.2) is 0 Å². The summed E-state index contributed by atoms with van der Waals surface area (Å²) in [6, 6.07) is 9.67. The van der Waals surface area contributed by atoms with Gasteiger partial charge in [0.05, 0.1) is 0 Å². The molecule has 0 radical (unpaired) electrons. The zero-order chi connectivity index (χ0) is 24.6. The normalized spacial score (nSPS) is 15.3. The standard InChI is InChI=1S/C28H34N2O4/c1-7-19-16(2)23(27(32)34-28(4,5)6)30-24(19)21-14-13-20-17(3)22(29-25(20)21)26(31)33-15-18-11-9-8-10-12-18/h8-12,21,29-30H,7,13-15H2,1-6H3. The fourth-order valence-corrected chi connectivity index (χ4v) is 4.94. The SMILES string of the molecule is CCc1c(C2CCc3c2[nH]c(C(=O)OCc2ccccc2)c3C)[nH]c(C(=O)OC(C)(C)C)c1C. The summed E-state index contributed by atoms with van der Waals surface area (Å²) in [6.07, 6.45) is 2.59. The van der Waals surface area contributed by atoms with Crippen LogP contribution in [0.2, 0.25) is 0 Å². The number of carbonyl (C=O) groups excluding carboxylic acids is 2. The molecule has 0 spiro atoms. The highest BCUT2D eigenvalue weighted by Crippen LogP contribution is 2.42. The van der Waals surface area contributed by atoms with Crippen LogP contribution in [-0.4, -0.2) is 27.5 Å². The molecule has 0 saturated carbocycles. The van der Waals surface area contributed by atoms with E-state index in [0.29, 0.717) is 11.4 Å². The van der Waals surface area contributed by atoms with Crippen LogP contribution < -0.4 is 0 Å². The molecule has 4 rings (SSSR count). The molecular weight excluding hydrogens is 428 g/mol. The lowest BCUT2D eigenvalue weighted by Crippen LogP contribution is -2.24. The number of nitrogens with one attached hydrogen (secondary N) is 2. The van der Waals surface area contributed by atoms with Gasteiger partial charge in [-0.2, -0.15) is 0 Å². The lowest BCUT2D eigenvalue weighted by atomic mass is 9.96. The lowest BCUT2D eigenvalue weighted by Gasteiger charge is -2.19. The molecule has 0 fully saturated rings. The number of H-pyrrole nitrogens is 2. The Balaban J connectivity index is 1.61. The molecule has 0 amide bonds. The molecule has 0 saturated heterocycles. The van der Waals surface area contributed by atoms with Crippen molar-refractivity contribution in [1.29, 1.82) is 0 Å². The molecule has 3 aromatic rings. The number of esters is 2. The van der Waals surface area contributed by atoms with Crippen LogP contribution in [0.5, 0.6) is 0 Å². The topological polar surface area (TPSA) is 84.2 Å². The molecule has 34 heavy (non-hydrogen) atoms. The summed E-state index contributed by atoms with van der Waals surface area (Å²) < 4.78 is 11.2. The van der Waals surface area contributed by atoms with Crippen molar-refractivity contribution in [3.05, 3.63) is 80.9 Å². The van der Waals surface area contributed by atoms with Crippen LogP contribution in [0.15, 0.2) is 30.3 Å². The van der Waals surface area contributed by atoms with Gasteiger partial charge in [0.1, 0.15) is 23.6 Å². The lowest BCUT2D eigenvalue weighted by molar-refractivity contribution is 0.00623. The second-order valence-corrected chi connectivity index (χ2v) is 10.0. The molecule has 180 valence electrons. The maximum absolute atomic E-state index is 12.9. The van der Waals surface area contributed by atoms with Gasteiger partial charge >= 0.3 is 11.9 Å². The molecule has 0 aliphatic heterocycles. The Morgan fingerprint density at radius 1 is 0.971 bits per heavy atom. The van der Waals surface area contributed by atoms with E-state index >= 15 is 0 Å². The number of ether oxygens (including phenoxy) is 2. The van der Waals surface area contributed by atoms with Gasteiger partial charge in [0.25, 0.3) is 0 Å². The number of fused-ring (bicyclic) bond motifs is 1. The van der Waals surface area contributed by atoms with Gasteiger partial charge in [-0.3, -0.25) is 0 Å². The number of carbonyl (C=O) groups is 2. The van der Waals surface area contributed by atoms with Crippen molar-refractivity contribution in [1.82, 2.24) is 9.97 Å². The third kappa shape index (κ3) is 4.54. The third-order valence-electron chi connectivity index (χ3n) is 6.58. The molecule has 2 aromatic heterocycles. The van der Waals surface area contributed by atoms with E-state index in [-0.39, 0.29) is 24.5 Å². The average Bonchev–Trinajstić information content (AvgIpc) is 3.44. The van der Waals surface area contributed by atoms with Crippen LogP contribution in [0.1, 0.15) is 100 Å². The number of hydrogen-bond acceptors (Lipinski definition) is 4. The van der Waals surface area contributed by atoms with E-state index in [2.05, 4.69) is 16.9 Å². The number of rotatable bonds is 6. The molecule has 2 N–H and O–H groups in total. The fraction of sp³-hybridized carbons (Fsp3) is 0.429. The first kappa shape index (κ1) is 23.9. The van der Waals surface area contributed by atoms with E-state index in [1.165, 1.54) is 5.56 Å². The Morgan fingerprint density at radius 3 is 2.26 bits per heavy atom. The maximum atomic E-state index is 12.9. The van der Waals surface area contributed by atoms with E-state index in [1.807, 2.05) is 65.0 Å². The van der Waals surface area contributed by atoms with Crippen molar-refractivity contribution in [2.75, 3.05) is 0 Å². The van der Waals surface area contributed by atoms with Crippen LogP contribution in [0, 0.1) is 13.8 Å². The summed E-state index contributed by atoms with van der Waals surface area (Å²) in [5.41, 5.74) is 7.68. The zero-order valence-corrected chi connectivity index (χ0v) is 20.9. The van der Waals surface area contributed by atoms with Gasteiger partial charge in [-0.25, -0.2) is 9.59 Å². The van der Waals surface area contributed by atoms with Crippen LogP contribution in [0.3, 0.4) is 0 Å². The van der Waals surface area contributed by atoms with Crippen molar-refractivity contribution >= 4 is 11.9 Å². The van der Waals surface area contributed by atoms with E-state index in [1.54, 1.807) is 0 Å². The van der Waals surface area contributed by atoms with Crippen LogP contribution in [0.25, 0.3) is 0 Å². The van der Waals surface area contributed by atoms with Crippen molar-refractivity contribution in [3.8, 4) is 0 Å². The van der Waals surface area contributed by atoms with E-state index < -0.39 is 5.60 Å². The molecule has 6 nitrogen and oxygen atoms in total. The van der Waals surface area contributed by atoms with E-state index in [9.17, 15) is 9.59 Å². The third-order valence-corrected chi connectivity index (χ3v) is 6.58. The van der Waals surface area contributed by atoms with Gasteiger partial charge < -0.3 is 19.4 Å². The Bertz CT molecular complexity index is 1210. The number of hydrogen-bond donors (Lipinski definition) is 2. The molecule has 1 aliphatic rings. The Labute approximate surface area is 201 Å². The molecular formula is C28H34N2O4. The van der Waals surface area contributed by atoms with Gasteiger partial charge in [-0.05, 0) is 81.7 Å². The zero-order valence-electron chi connectivity index (χ0n) is 20.9. The average molecular weight is 463 g/mol. The first-order valence-corrected chi connectivity index (χ1v) is 12.0. The second-order valence-electron chi connectivity index (χ2n) is 10.0. The summed E-state index contributed by atoms with van der Waals surface area (Å²) >= 11 is 0. The molecule has 0 bridgehead atoms. The van der Waals surface area contributed by atoms with Gasteiger partial charge in [-0.1, -0.05) is 37.3 Å². The highest BCUT2D eigenvalue weighted by molar-refractivity contribution is 5.91. The maximum Gasteiger partial charge on any atom is 0.355 e. The Kier molecular flexibility index (Phi) is 6.43. The predicted molar refractivity (Wildman–Crippen MR) is 131 cm³/mol. The quantitative estimate of drug-likeness (QED) is 0.446. The summed E-state index contributed by atoms with van der Waals surface area (Å²) in [6.45, 7) is 11.9. The summed E-state index contributed by atoms with van der Waals surface area (Å²) in [4.78, 5) is 32.5. The minimum absolute atomic E-state index is 0.0641. The Hall–Kier alpha value is -3.28. The molecule has 2 heterocycles. The van der Waals surface area contributed by atoms with Crippen molar-refractivity contribution < 1.29 is 19.1 Å². The highest BCUT2D eigenvalue weighted by atomic mass is 16.6. The Morgan fingerprint density at radius 2 is 1.62 bits per heavy atom. The number of aromatic amines is 2. The van der Waals surface area contributed by atoms with Crippen molar-refractivity contribution in [2.45, 2.75) is 78.9 Å². The van der Waals surface area contributed by atoms with Crippen LogP contribution in [0.4, 0.5) is 0 Å². The van der Waals surface area contributed by atoms with E-state index in [0.717, 1.165) is 52.9 Å². The van der Waals surface area contributed by atoms with Gasteiger partial charge in [-0.15, -0.1) is 0 Å². The van der Waals surface area contributed by atoms with E-state index in [4.69, 9.17) is 9.47 Å². The van der Waals surface area contributed by atoms with Crippen molar-refractivity contribution in [3.63, 3.8) is 0 Å².